The molecule has 1 aromatic rings. The summed E-state index contributed by atoms with van der Waals surface area (Å²) in [6, 6.07) is 2.60. The zero-order chi connectivity index (χ0) is 21.4. The zero-order valence-corrected chi connectivity index (χ0v) is 16.5. The van der Waals surface area contributed by atoms with E-state index in [-0.39, 0.29) is 24.2 Å². The van der Waals surface area contributed by atoms with Crippen molar-refractivity contribution in [3.63, 3.8) is 0 Å². The van der Waals surface area contributed by atoms with Gasteiger partial charge in [0.15, 0.2) is 5.96 Å². The van der Waals surface area contributed by atoms with Crippen LogP contribution in [0.2, 0.25) is 0 Å². The van der Waals surface area contributed by atoms with Crippen LogP contribution < -0.4 is 10.6 Å². The summed E-state index contributed by atoms with van der Waals surface area (Å²) in [5.74, 6) is -0.567. The molecule has 0 aliphatic carbocycles. The number of rotatable bonds is 5. The summed E-state index contributed by atoms with van der Waals surface area (Å²) in [6.07, 6.45) is -3.68. The molecule has 10 heteroatoms. The van der Waals surface area contributed by atoms with E-state index >= 15 is 0 Å². The van der Waals surface area contributed by atoms with Gasteiger partial charge in [-0.2, -0.15) is 13.2 Å². The van der Waals surface area contributed by atoms with Crippen molar-refractivity contribution in [2.45, 2.75) is 45.5 Å². The average Bonchev–Trinajstić information content (AvgIpc) is 2.67. The largest absolute Gasteiger partial charge is 0.450 e. The molecule has 1 saturated heterocycles. The van der Waals surface area contributed by atoms with Gasteiger partial charge in [-0.3, -0.25) is 0 Å². The quantitative estimate of drug-likeness (QED) is 0.436. The molecule has 1 heterocycles. The van der Waals surface area contributed by atoms with Gasteiger partial charge in [0.2, 0.25) is 0 Å². The molecule has 1 aromatic carbocycles. The van der Waals surface area contributed by atoms with Gasteiger partial charge in [-0.25, -0.2) is 14.2 Å². The van der Waals surface area contributed by atoms with Crippen LogP contribution in [-0.2, 0) is 17.5 Å². The van der Waals surface area contributed by atoms with Crippen molar-refractivity contribution < 1.29 is 27.1 Å². The lowest BCUT2D eigenvalue weighted by atomic mass is 10.1. The first-order chi connectivity index (χ1) is 13.7. The van der Waals surface area contributed by atoms with Crippen LogP contribution >= 0.6 is 0 Å². The number of aliphatic imine (C=N–C) groups is 1. The number of piperidine rings is 1. The molecule has 1 fully saturated rings. The minimum absolute atomic E-state index is 0.0220. The fourth-order valence-corrected chi connectivity index (χ4v) is 3.05. The van der Waals surface area contributed by atoms with Crippen molar-refractivity contribution in [3.8, 4) is 0 Å². The smallest absolute Gasteiger partial charge is 0.416 e. The first-order valence-corrected chi connectivity index (χ1v) is 9.56. The average molecular weight is 418 g/mol. The normalized spacial score (nSPS) is 15.9. The number of nitrogens with zero attached hydrogens (tertiary/aromatic N) is 2. The molecule has 0 radical (unpaired) electrons. The second-order valence-corrected chi connectivity index (χ2v) is 6.60. The van der Waals surface area contributed by atoms with Crippen molar-refractivity contribution in [2.24, 2.45) is 4.99 Å². The Morgan fingerprint density at radius 2 is 1.97 bits per heavy atom. The van der Waals surface area contributed by atoms with Crippen LogP contribution in [0.5, 0.6) is 0 Å². The summed E-state index contributed by atoms with van der Waals surface area (Å²) in [5, 5.41) is 6.20. The highest BCUT2D eigenvalue weighted by Gasteiger charge is 2.33. The zero-order valence-electron chi connectivity index (χ0n) is 16.5. The van der Waals surface area contributed by atoms with E-state index in [9.17, 15) is 22.4 Å². The summed E-state index contributed by atoms with van der Waals surface area (Å²) in [4.78, 5) is 17.6. The first kappa shape index (κ1) is 22.8. The van der Waals surface area contributed by atoms with Gasteiger partial charge < -0.3 is 20.3 Å². The summed E-state index contributed by atoms with van der Waals surface area (Å²) < 4.78 is 57.7. The minimum atomic E-state index is -4.65. The number of amides is 1. The predicted molar refractivity (Wildman–Crippen MR) is 101 cm³/mol. The SMILES string of the molecule is CCNC(=NCc1ccc(F)cc1C(F)(F)F)NC1CCN(C(=O)OCC)CC1. The summed E-state index contributed by atoms with van der Waals surface area (Å²) in [7, 11) is 0. The maximum atomic E-state index is 13.2. The lowest BCUT2D eigenvalue weighted by Crippen LogP contribution is -2.49. The number of hydrogen-bond acceptors (Lipinski definition) is 3. The van der Waals surface area contributed by atoms with Crippen LogP contribution in [0, 0.1) is 5.82 Å². The highest BCUT2D eigenvalue weighted by Crippen LogP contribution is 2.32. The van der Waals surface area contributed by atoms with E-state index in [2.05, 4.69) is 15.6 Å². The van der Waals surface area contributed by atoms with Gasteiger partial charge in [0.05, 0.1) is 18.7 Å². The monoisotopic (exact) mass is 418 g/mol. The summed E-state index contributed by atoms with van der Waals surface area (Å²) in [5.41, 5.74) is -1.13. The molecule has 0 aromatic heterocycles. The van der Waals surface area contributed by atoms with E-state index in [1.807, 2.05) is 6.92 Å². The van der Waals surface area contributed by atoms with Gasteiger partial charge in [0.25, 0.3) is 0 Å². The Balaban J connectivity index is 2.02. The first-order valence-electron chi connectivity index (χ1n) is 9.56. The van der Waals surface area contributed by atoms with E-state index in [4.69, 9.17) is 4.74 Å². The molecular weight excluding hydrogens is 392 g/mol. The van der Waals surface area contributed by atoms with E-state index in [1.165, 1.54) is 0 Å². The molecule has 29 heavy (non-hydrogen) atoms. The molecule has 162 valence electrons. The lowest BCUT2D eigenvalue weighted by molar-refractivity contribution is -0.138. The van der Waals surface area contributed by atoms with Crippen molar-refractivity contribution in [3.05, 3.63) is 35.1 Å². The van der Waals surface area contributed by atoms with Crippen LogP contribution in [-0.4, -0.2) is 49.2 Å². The molecule has 6 nitrogen and oxygen atoms in total. The number of ether oxygens (including phenoxy) is 1. The highest BCUT2D eigenvalue weighted by molar-refractivity contribution is 5.80. The number of halogens is 4. The molecule has 0 spiro atoms. The molecular formula is C19H26F4N4O2. The Kier molecular flexibility index (Phi) is 8.10. The van der Waals surface area contributed by atoms with Gasteiger partial charge in [0, 0.05) is 25.7 Å². The van der Waals surface area contributed by atoms with Crippen LogP contribution in [0.25, 0.3) is 0 Å². The van der Waals surface area contributed by atoms with Crippen molar-refractivity contribution in [1.29, 1.82) is 0 Å². The van der Waals surface area contributed by atoms with Gasteiger partial charge in [-0.1, -0.05) is 6.07 Å². The molecule has 0 atom stereocenters. The van der Waals surface area contributed by atoms with Crippen LogP contribution in [0.4, 0.5) is 22.4 Å². The summed E-state index contributed by atoms with van der Waals surface area (Å²) >= 11 is 0. The molecule has 1 aliphatic heterocycles. The molecule has 0 saturated carbocycles. The number of benzene rings is 1. The van der Waals surface area contributed by atoms with E-state index in [0.29, 0.717) is 51.1 Å². The fourth-order valence-electron chi connectivity index (χ4n) is 3.05. The maximum absolute atomic E-state index is 13.2. The van der Waals surface area contributed by atoms with Gasteiger partial charge in [-0.15, -0.1) is 0 Å². The topological polar surface area (TPSA) is 66.0 Å². The molecule has 2 N–H and O–H groups in total. The maximum Gasteiger partial charge on any atom is 0.416 e. The number of carbonyl (C=O) groups is 1. The number of likely N-dealkylation sites (tertiary alicyclic amines) is 1. The van der Waals surface area contributed by atoms with E-state index < -0.39 is 17.6 Å². The highest BCUT2D eigenvalue weighted by atomic mass is 19.4. The van der Waals surface area contributed by atoms with E-state index in [0.717, 1.165) is 12.1 Å². The second kappa shape index (κ2) is 10.3. The Hall–Kier alpha value is -2.52. The Morgan fingerprint density at radius 1 is 1.28 bits per heavy atom. The second-order valence-electron chi connectivity index (χ2n) is 6.60. The van der Waals surface area contributed by atoms with Gasteiger partial charge in [-0.05, 0) is 44.4 Å². The Bertz CT molecular complexity index is 717. The molecule has 2 rings (SSSR count). The lowest BCUT2D eigenvalue weighted by Gasteiger charge is -2.32. The number of carbonyl (C=O) groups excluding carboxylic acids is 1. The molecule has 1 aliphatic rings. The number of alkyl halides is 3. The number of guanidine groups is 1. The molecule has 1 amide bonds. The number of nitrogens with one attached hydrogen (secondary N) is 2. The fraction of sp³-hybridized carbons (Fsp3) is 0.579. The van der Waals surface area contributed by atoms with Crippen LogP contribution in [0.3, 0.4) is 0 Å². The van der Waals surface area contributed by atoms with Crippen molar-refractivity contribution in [2.75, 3.05) is 26.2 Å². The Labute approximate surface area is 167 Å². The van der Waals surface area contributed by atoms with Crippen molar-refractivity contribution in [1.82, 2.24) is 15.5 Å². The van der Waals surface area contributed by atoms with Gasteiger partial charge in [0.1, 0.15) is 5.82 Å². The third-order valence-electron chi connectivity index (χ3n) is 4.49. The molecule has 0 unspecified atom stereocenters. The molecule has 0 bridgehead atoms. The number of hydrogen-bond donors (Lipinski definition) is 2. The van der Waals surface area contributed by atoms with E-state index in [1.54, 1.807) is 11.8 Å². The summed E-state index contributed by atoms with van der Waals surface area (Å²) in [6.45, 7) is 5.24. The predicted octanol–water partition coefficient (Wildman–Crippen LogP) is 3.52. The van der Waals surface area contributed by atoms with Crippen LogP contribution in [0.15, 0.2) is 23.2 Å². The van der Waals surface area contributed by atoms with Gasteiger partial charge >= 0.3 is 12.3 Å². The minimum Gasteiger partial charge on any atom is -0.450 e. The standard InChI is InChI=1S/C19H26F4N4O2/c1-3-24-17(26-15-7-9-27(10-8-15)18(28)29-4-2)25-12-13-5-6-14(20)11-16(13)19(21,22)23/h5-6,11,15H,3-4,7-10,12H2,1-2H3,(H2,24,25,26). The Morgan fingerprint density at radius 3 is 2.55 bits per heavy atom. The third-order valence-corrected chi connectivity index (χ3v) is 4.49. The van der Waals surface area contributed by atoms with Crippen LogP contribution in [0.1, 0.15) is 37.8 Å². The third kappa shape index (κ3) is 6.79. The van der Waals surface area contributed by atoms with Crippen molar-refractivity contribution >= 4 is 12.1 Å².